The Labute approximate surface area is 119 Å². The van der Waals surface area contributed by atoms with Crippen LogP contribution in [0.2, 0.25) is 0 Å². The molecule has 0 amide bonds. The van der Waals surface area contributed by atoms with E-state index >= 15 is 0 Å². The molecule has 0 aliphatic rings. The highest BCUT2D eigenvalue weighted by Gasteiger charge is 2.12. The number of hydrogen-bond acceptors (Lipinski definition) is 5. The van der Waals surface area contributed by atoms with Crippen LogP contribution in [0.5, 0.6) is 0 Å². The molecular weight excluding hydrogens is 262 g/mol. The van der Waals surface area contributed by atoms with E-state index in [2.05, 4.69) is 27.6 Å². The lowest BCUT2D eigenvalue weighted by Gasteiger charge is -2.24. The van der Waals surface area contributed by atoms with Crippen LogP contribution in [-0.4, -0.2) is 56.1 Å². The Morgan fingerprint density at radius 1 is 1.58 bits per heavy atom. The molecule has 0 unspecified atom stereocenters. The number of rotatable bonds is 10. The SMILES string of the molecule is C#CCOC[C@@H](O)CN(CCOC)Cc1ccsc1. The summed E-state index contributed by atoms with van der Waals surface area (Å²) in [4.78, 5) is 2.15. The zero-order valence-corrected chi connectivity index (χ0v) is 12.1. The second-order valence-electron chi connectivity index (χ2n) is 4.23. The van der Waals surface area contributed by atoms with Crippen molar-refractivity contribution in [2.24, 2.45) is 0 Å². The van der Waals surface area contributed by atoms with E-state index in [9.17, 15) is 5.11 Å². The molecule has 0 saturated carbocycles. The van der Waals surface area contributed by atoms with Gasteiger partial charge in [-0.3, -0.25) is 4.90 Å². The Hall–Kier alpha value is -0.900. The van der Waals surface area contributed by atoms with Gasteiger partial charge in [0.2, 0.25) is 0 Å². The van der Waals surface area contributed by atoms with Crippen molar-refractivity contribution >= 4 is 11.3 Å². The molecule has 1 N–H and O–H groups in total. The maximum absolute atomic E-state index is 9.90. The van der Waals surface area contributed by atoms with Crippen LogP contribution in [0.25, 0.3) is 0 Å². The number of aliphatic hydroxyl groups is 1. The zero-order valence-electron chi connectivity index (χ0n) is 11.2. The van der Waals surface area contributed by atoms with Crippen molar-refractivity contribution in [2.45, 2.75) is 12.6 Å². The van der Waals surface area contributed by atoms with E-state index in [-0.39, 0.29) is 13.2 Å². The van der Waals surface area contributed by atoms with Gasteiger partial charge in [0.25, 0.3) is 0 Å². The van der Waals surface area contributed by atoms with Crippen molar-refractivity contribution in [3.63, 3.8) is 0 Å². The van der Waals surface area contributed by atoms with Crippen molar-refractivity contribution in [3.8, 4) is 12.3 Å². The molecule has 1 atom stereocenters. The van der Waals surface area contributed by atoms with Crippen molar-refractivity contribution < 1.29 is 14.6 Å². The van der Waals surface area contributed by atoms with Gasteiger partial charge in [0.15, 0.2) is 0 Å². The van der Waals surface area contributed by atoms with Gasteiger partial charge >= 0.3 is 0 Å². The van der Waals surface area contributed by atoms with Crippen molar-refractivity contribution in [1.29, 1.82) is 0 Å². The molecule has 106 valence electrons. The number of terminal acetylenes is 1. The van der Waals surface area contributed by atoms with Gasteiger partial charge in [-0.2, -0.15) is 11.3 Å². The molecule has 0 fully saturated rings. The highest BCUT2D eigenvalue weighted by Crippen LogP contribution is 2.10. The summed E-state index contributed by atoms with van der Waals surface area (Å²) in [6.45, 7) is 3.26. The van der Waals surface area contributed by atoms with Crippen LogP contribution in [0.1, 0.15) is 5.56 Å². The average molecular weight is 283 g/mol. The molecule has 1 rings (SSSR count). The quantitative estimate of drug-likeness (QED) is 0.518. The van der Waals surface area contributed by atoms with Crippen molar-refractivity contribution in [2.75, 3.05) is 40.0 Å². The van der Waals surface area contributed by atoms with Crippen LogP contribution in [0.3, 0.4) is 0 Å². The fourth-order valence-electron chi connectivity index (χ4n) is 1.70. The van der Waals surface area contributed by atoms with Crippen molar-refractivity contribution in [1.82, 2.24) is 4.90 Å². The number of methoxy groups -OCH3 is 1. The van der Waals surface area contributed by atoms with Crippen LogP contribution in [0, 0.1) is 12.3 Å². The first kappa shape index (κ1) is 16.2. The van der Waals surface area contributed by atoms with Gasteiger partial charge in [-0.25, -0.2) is 0 Å². The fraction of sp³-hybridized carbons (Fsp3) is 0.571. The van der Waals surface area contributed by atoms with Gasteiger partial charge in [0.1, 0.15) is 6.61 Å². The summed E-state index contributed by atoms with van der Waals surface area (Å²) in [6.07, 6.45) is 4.55. The summed E-state index contributed by atoms with van der Waals surface area (Å²) in [5, 5.41) is 14.1. The summed E-state index contributed by atoms with van der Waals surface area (Å²) >= 11 is 1.67. The molecule has 0 aromatic carbocycles. The predicted molar refractivity (Wildman–Crippen MR) is 77.1 cm³/mol. The molecule has 5 heteroatoms. The first-order chi connectivity index (χ1) is 9.26. The van der Waals surface area contributed by atoms with Gasteiger partial charge in [0, 0.05) is 26.7 Å². The third-order valence-electron chi connectivity index (χ3n) is 2.56. The van der Waals surface area contributed by atoms with Crippen LogP contribution >= 0.6 is 11.3 Å². The van der Waals surface area contributed by atoms with Crippen LogP contribution in [-0.2, 0) is 16.0 Å². The summed E-state index contributed by atoms with van der Waals surface area (Å²) in [5.74, 6) is 2.38. The Morgan fingerprint density at radius 3 is 3.05 bits per heavy atom. The summed E-state index contributed by atoms with van der Waals surface area (Å²) in [6, 6.07) is 2.09. The minimum atomic E-state index is -0.538. The smallest absolute Gasteiger partial charge is 0.107 e. The molecule has 1 aromatic heterocycles. The molecule has 0 aliphatic carbocycles. The standard InChI is InChI=1S/C14H21NO3S/c1-3-6-18-11-14(16)10-15(5-7-17-2)9-13-4-8-19-12-13/h1,4,8,12,14,16H,5-7,9-11H2,2H3/t14-/m0/s1. The first-order valence-electron chi connectivity index (χ1n) is 6.18. The van der Waals surface area contributed by atoms with E-state index in [4.69, 9.17) is 15.9 Å². The second kappa shape index (κ2) is 9.96. The second-order valence-corrected chi connectivity index (χ2v) is 5.01. The van der Waals surface area contributed by atoms with Gasteiger partial charge in [-0.05, 0) is 22.4 Å². The molecule has 19 heavy (non-hydrogen) atoms. The highest BCUT2D eigenvalue weighted by molar-refractivity contribution is 7.07. The maximum atomic E-state index is 9.90. The van der Waals surface area contributed by atoms with Crippen LogP contribution in [0.4, 0.5) is 0 Å². The Kier molecular flexibility index (Phi) is 8.47. The normalized spacial score (nSPS) is 12.5. The Bertz CT molecular complexity index is 361. The van der Waals surface area contributed by atoms with E-state index in [0.717, 1.165) is 13.1 Å². The molecule has 0 spiro atoms. The molecule has 1 aromatic rings. The van der Waals surface area contributed by atoms with E-state index in [1.54, 1.807) is 18.4 Å². The monoisotopic (exact) mass is 283 g/mol. The molecule has 0 bridgehead atoms. The molecule has 4 nitrogen and oxygen atoms in total. The lowest BCUT2D eigenvalue weighted by Crippen LogP contribution is -2.36. The topological polar surface area (TPSA) is 41.9 Å². The molecule has 0 radical (unpaired) electrons. The number of thiophene rings is 1. The van der Waals surface area contributed by atoms with Gasteiger partial charge in [0.05, 0.1) is 19.3 Å². The molecular formula is C14H21NO3S. The first-order valence-corrected chi connectivity index (χ1v) is 7.12. The van der Waals surface area contributed by atoms with E-state index in [1.807, 2.05) is 0 Å². The van der Waals surface area contributed by atoms with Gasteiger partial charge in [-0.15, -0.1) is 6.42 Å². The van der Waals surface area contributed by atoms with Gasteiger partial charge in [-0.1, -0.05) is 5.92 Å². The highest BCUT2D eigenvalue weighted by atomic mass is 32.1. The largest absolute Gasteiger partial charge is 0.389 e. The van der Waals surface area contributed by atoms with Crippen LogP contribution in [0.15, 0.2) is 16.8 Å². The van der Waals surface area contributed by atoms with E-state index in [1.165, 1.54) is 5.56 Å². The number of aliphatic hydroxyl groups excluding tert-OH is 1. The van der Waals surface area contributed by atoms with Gasteiger partial charge < -0.3 is 14.6 Å². The summed E-state index contributed by atoms with van der Waals surface area (Å²) < 4.78 is 10.2. The fourth-order valence-corrected chi connectivity index (χ4v) is 2.36. The molecule has 0 saturated heterocycles. The van der Waals surface area contributed by atoms with Crippen molar-refractivity contribution in [3.05, 3.63) is 22.4 Å². The average Bonchev–Trinajstić information content (AvgIpc) is 2.89. The molecule has 1 heterocycles. The minimum Gasteiger partial charge on any atom is -0.389 e. The lowest BCUT2D eigenvalue weighted by atomic mass is 10.2. The van der Waals surface area contributed by atoms with E-state index in [0.29, 0.717) is 13.2 Å². The molecule has 0 aliphatic heterocycles. The van der Waals surface area contributed by atoms with E-state index < -0.39 is 6.10 Å². The Morgan fingerprint density at radius 2 is 2.42 bits per heavy atom. The maximum Gasteiger partial charge on any atom is 0.107 e. The zero-order chi connectivity index (χ0) is 13.9. The third-order valence-corrected chi connectivity index (χ3v) is 3.29. The van der Waals surface area contributed by atoms with Crippen LogP contribution < -0.4 is 0 Å². The minimum absolute atomic E-state index is 0.236. The summed E-state index contributed by atoms with van der Waals surface area (Å²) in [5.41, 5.74) is 1.25. The summed E-state index contributed by atoms with van der Waals surface area (Å²) in [7, 11) is 1.68. The number of ether oxygens (including phenoxy) is 2. The third kappa shape index (κ3) is 7.31. The Balaban J connectivity index is 2.37. The number of nitrogens with zero attached hydrogens (tertiary/aromatic N) is 1. The lowest BCUT2D eigenvalue weighted by molar-refractivity contribution is 0.0208. The predicted octanol–water partition coefficient (Wildman–Crippen LogP) is 1.21. The number of hydrogen-bond donors (Lipinski definition) is 1.